The highest BCUT2D eigenvalue weighted by atomic mass is 32.2. The second-order valence-electron chi connectivity index (χ2n) is 4.01. The Morgan fingerprint density at radius 2 is 1.73 bits per heavy atom. The van der Waals surface area contributed by atoms with Gasteiger partial charge in [-0.05, 0) is 25.9 Å². The summed E-state index contributed by atoms with van der Waals surface area (Å²) in [5.41, 5.74) is 0. The minimum Gasteiger partial charge on any atom is -0.317 e. The van der Waals surface area contributed by atoms with E-state index in [1.807, 2.05) is 11.8 Å². The maximum absolute atomic E-state index is 12.2. The van der Waals surface area contributed by atoms with Crippen molar-refractivity contribution >= 4 is 21.8 Å². The molecule has 0 unspecified atom stereocenters. The van der Waals surface area contributed by atoms with Crippen LogP contribution < -0.4 is 5.32 Å². The van der Waals surface area contributed by atoms with Crippen molar-refractivity contribution in [2.24, 2.45) is 0 Å². The zero-order valence-electron chi connectivity index (χ0n) is 8.81. The molecule has 0 aliphatic carbocycles. The molecule has 2 rings (SSSR count). The van der Waals surface area contributed by atoms with Crippen LogP contribution in [-0.2, 0) is 10.0 Å². The molecule has 2 fully saturated rings. The van der Waals surface area contributed by atoms with E-state index < -0.39 is 10.0 Å². The van der Waals surface area contributed by atoms with E-state index in [0.29, 0.717) is 13.1 Å². The average Bonchev–Trinajstić information content (AvgIpc) is 2.31. The number of hydrogen-bond donors (Lipinski definition) is 1. The van der Waals surface area contributed by atoms with Crippen molar-refractivity contribution in [3.05, 3.63) is 0 Å². The molecule has 0 atom stereocenters. The van der Waals surface area contributed by atoms with Gasteiger partial charge in [0.25, 0.3) is 0 Å². The minimum absolute atomic E-state index is 0.137. The molecule has 0 spiro atoms. The van der Waals surface area contributed by atoms with Crippen LogP contribution in [0.15, 0.2) is 0 Å². The lowest BCUT2D eigenvalue weighted by Crippen LogP contribution is -2.46. The summed E-state index contributed by atoms with van der Waals surface area (Å²) in [5, 5.41) is 3.07. The maximum atomic E-state index is 12.2. The Morgan fingerprint density at radius 3 is 2.33 bits per heavy atom. The van der Waals surface area contributed by atoms with Crippen molar-refractivity contribution in [2.45, 2.75) is 18.1 Å². The Morgan fingerprint density at radius 1 is 1.13 bits per heavy atom. The molecule has 2 heterocycles. The SMILES string of the molecule is O=S(=O)(C1CCNCC1)N1CCSCC1. The molecular weight excluding hydrogens is 232 g/mol. The van der Waals surface area contributed by atoms with Crippen LogP contribution in [0.25, 0.3) is 0 Å². The lowest BCUT2D eigenvalue weighted by molar-refractivity contribution is 0.413. The number of piperidine rings is 1. The van der Waals surface area contributed by atoms with E-state index in [0.717, 1.165) is 37.4 Å². The Labute approximate surface area is 95.8 Å². The highest BCUT2D eigenvalue weighted by Gasteiger charge is 2.33. The molecule has 2 aliphatic rings. The Balaban J connectivity index is 2.03. The molecule has 2 aliphatic heterocycles. The molecule has 0 aromatic rings. The van der Waals surface area contributed by atoms with E-state index in [9.17, 15) is 8.42 Å². The van der Waals surface area contributed by atoms with E-state index in [-0.39, 0.29) is 5.25 Å². The maximum Gasteiger partial charge on any atom is 0.217 e. The Bertz CT molecular complexity index is 269. The number of nitrogens with one attached hydrogen (secondary N) is 1. The van der Waals surface area contributed by atoms with Crippen LogP contribution in [0, 0.1) is 0 Å². The van der Waals surface area contributed by atoms with E-state index >= 15 is 0 Å². The largest absolute Gasteiger partial charge is 0.317 e. The highest BCUT2D eigenvalue weighted by Crippen LogP contribution is 2.21. The van der Waals surface area contributed by atoms with Gasteiger partial charge in [0.1, 0.15) is 0 Å². The summed E-state index contributed by atoms with van der Waals surface area (Å²) < 4.78 is 26.2. The summed E-state index contributed by atoms with van der Waals surface area (Å²) >= 11 is 1.84. The van der Waals surface area contributed by atoms with Crippen LogP contribution in [0.4, 0.5) is 0 Å². The van der Waals surface area contributed by atoms with Gasteiger partial charge in [-0.15, -0.1) is 0 Å². The van der Waals surface area contributed by atoms with Crippen molar-refractivity contribution in [3.8, 4) is 0 Å². The number of thioether (sulfide) groups is 1. The number of sulfonamides is 1. The molecule has 0 aromatic heterocycles. The van der Waals surface area contributed by atoms with Gasteiger partial charge >= 0.3 is 0 Å². The van der Waals surface area contributed by atoms with Crippen molar-refractivity contribution in [1.82, 2.24) is 9.62 Å². The molecule has 0 saturated carbocycles. The Hall–Kier alpha value is 0.220. The van der Waals surface area contributed by atoms with E-state index in [2.05, 4.69) is 5.32 Å². The van der Waals surface area contributed by atoms with Crippen molar-refractivity contribution in [2.75, 3.05) is 37.7 Å². The molecule has 0 radical (unpaired) electrons. The molecule has 6 heteroatoms. The first kappa shape index (κ1) is 11.7. The van der Waals surface area contributed by atoms with Crippen LogP contribution in [0.1, 0.15) is 12.8 Å². The number of hydrogen-bond acceptors (Lipinski definition) is 4. The lowest BCUT2D eigenvalue weighted by atomic mass is 10.2. The molecule has 15 heavy (non-hydrogen) atoms. The lowest BCUT2D eigenvalue weighted by Gasteiger charge is -2.31. The van der Waals surface area contributed by atoms with Crippen LogP contribution >= 0.6 is 11.8 Å². The number of rotatable bonds is 2. The van der Waals surface area contributed by atoms with Crippen LogP contribution in [0.3, 0.4) is 0 Å². The van der Waals surface area contributed by atoms with E-state index in [1.54, 1.807) is 4.31 Å². The summed E-state index contributed by atoms with van der Waals surface area (Å²) in [6, 6.07) is 0. The molecule has 88 valence electrons. The summed E-state index contributed by atoms with van der Waals surface area (Å²) in [6.45, 7) is 3.09. The predicted molar refractivity (Wildman–Crippen MR) is 63.7 cm³/mol. The summed E-state index contributed by atoms with van der Waals surface area (Å²) in [4.78, 5) is 0. The minimum atomic E-state index is -3.01. The molecule has 4 nitrogen and oxygen atoms in total. The van der Waals surface area contributed by atoms with Crippen molar-refractivity contribution in [1.29, 1.82) is 0 Å². The third-order valence-electron chi connectivity index (χ3n) is 3.04. The average molecular weight is 250 g/mol. The smallest absolute Gasteiger partial charge is 0.217 e. The quantitative estimate of drug-likeness (QED) is 0.756. The zero-order chi connectivity index (χ0) is 10.7. The van der Waals surface area contributed by atoms with Crippen LogP contribution in [0.2, 0.25) is 0 Å². The van der Waals surface area contributed by atoms with Gasteiger partial charge in [0.2, 0.25) is 10.0 Å². The van der Waals surface area contributed by atoms with Gasteiger partial charge < -0.3 is 5.32 Å². The third kappa shape index (κ3) is 2.67. The first-order chi connectivity index (χ1) is 7.21. The zero-order valence-corrected chi connectivity index (χ0v) is 10.4. The van der Waals surface area contributed by atoms with Crippen LogP contribution in [-0.4, -0.2) is 55.7 Å². The molecule has 0 amide bonds. The van der Waals surface area contributed by atoms with Gasteiger partial charge in [0.15, 0.2) is 0 Å². The topological polar surface area (TPSA) is 49.4 Å². The normalized spacial score (nSPS) is 26.7. The molecule has 0 bridgehead atoms. The van der Waals surface area contributed by atoms with E-state index in [1.165, 1.54) is 0 Å². The Kier molecular flexibility index (Phi) is 3.93. The fourth-order valence-electron chi connectivity index (χ4n) is 2.11. The third-order valence-corrected chi connectivity index (χ3v) is 6.38. The fourth-order valence-corrected chi connectivity index (χ4v) is 5.18. The van der Waals surface area contributed by atoms with Gasteiger partial charge in [0.05, 0.1) is 5.25 Å². The first-order valence-corrected chi connectivity index (χ1v) is 8.14. The summed E-state index contributed by atoms with van der Waals surface area (Å²) in [6.07, 6.45) is 1.54. The van der Waals surface area contributed by atoms with E-state index in [4.69, 9.17) is 0 Å². The van der Waals surface area contributed by atoms with Gasteiger partial charge in [-0.2, -0.15) is 11.8 Å². The standard InChI is InChI=1S/C9H18N2O2S2/c12-15(13,9-1-3-10-4-2-9)11-5-7-14-8-6-11/h9-10H,1-8H2. The van der Waals surface area contributed by atoms with Gasteiger partial charge in [-0.25, -0.2) is 12.7 Å². The highest BCUT2D eigenvalue weighted by molar-refractivity contribution is 7.99. The van der Waals surface area contributed by atoms with Crippen LogP contribution in [0.5, 0.6) is 0 Å². The van der Waals surface area contributed by atoms with Crippen molar-refractivity contribution < 1.29 is 8.42 Å². The monoisotopic (exact) mass is 250 g/mol. The summed E-state index contributed by atoms with van der Waals surface area (Å²) in [7, 11) is -3.01. The number of nitrogens with zero attached hydrogens (tertiary/aromatic N) is 1. The second-order valence-corrected chi connectivity index (χ2v) is 7.44. The molecular formula is C9H18N2O2S2. The van der Waals surface area contributed by atoms with Gasteiger partial charge in [0, 0.05) is 24.6 Å². The molecule has 1 N–H and O–H groups in total. The van der Waals surface area contributed by atoms with Crippen molar-refractivity contribution in [3.63, 3.8) is 0 Å². The predicted octanol–water partition coefficient (Wildman–Crippen LogP) is 0.117. The second kappa shape index (κ2) is 5.03. The first-order valence-electron chi connectivity index (χ1n) is 5.49. The van der Waals surface area contributed by atoms with Gasteiger partial charge in [-0.3, -0.25) is 0 Å². The molecule has 0 aromatic carbocycles. The summed E-state index contributed by atoms with van der Waals surface area (Å²) in [5.74, 6) is 1.90. The molecule has 2 saturated heterocycles. The fraction of sp³-hybridized carbons (Fsp3) is 1.00. The van der Waals surface area contributed by atoms with Gasteiger partial charge in [-0.1, -0.05) is 0 Å².